The Morgan fingerprint density at radius 2 is 1.48 bits per heavy atom. The number of benzene rings is 2. The molecular formula is C35H46O4Si. The average Bonchev–Trinajstić information content (AvgIpc) is 3.28. The normalized spacial score (nSPS) is 37.6. The molecule has 0 bridgehead atoms. The molecule has 1 saturated heterocycles. The highest BCUT2D eigenvalue weighted by molar-refractivity contribution is 6.99. The summed E-state index contributed by atoms with van der Waals surface area (Å²) >= 11 is 0. The van der Waals surface area contributed by atoms with E-state index in [-0.39, 0.29) is 27.9 Å². The lowest BCUT2D eigenvalue weighted by atomic mass is 9.45. The van der Waals surface area contributed by atoms with Gasteiger partial charge in [-0.05, 0) is 83.5 Å². The number of ether oxygens (including phenoxy) is 1. The first-order valence-electron chi connectivity index (χ1n) is 15.5. The second-order valence-electron chi connectivity index (χ2n) is 14.7. The summed E-state index contributed by atoms with van der Waals surface area (Å²) in [4.78, 5) is 24.8. The van der Waals surface area contributed by atoms with Gasteiger partial charge in [0.2, 0.25) is 0 Å². The van der Waals surface area contributed by atoms with Crippen molar-refractivity contribution < 1.29 is 18.8 Å². The molecule has 0 unspecified atom stereocenters. The molecule has 1 heterocycles. The Balaban J connectivity index is 1.37. The molecule has 3 saturated carbocycles. The second kappa shape index (κ2) is 9.66. The molecule has 0 amide bonds. The molecule has 6 rings (SSSR count). The number of hydrogen-bond donors (Lipinski definition) is 0. The molecule has 5 heteroatoms. The maximum Gasteiger partial charge on any atom is 0.306 e. The number of fused-ring (bicyclic) bond motifs is 5. The van der Waals surface area contributed by atoms with E-state index in [0.717, 1.165) is 38.4 Å². The molecule has 4 nitrogen and oxygen atoms in total. The van der Waals surface area contributed by atoms with Gasteiger partial charge < -0.3 is 9.16 Å². The Hall–Kier alpha value is -2.24. The highest BCUT2D eigenvalue weighted by atomic mass is 28.4. The number of aldehydes is 1. The quantitative estimate of drug-likeness (QED) is 0.240. The van der Waals surface area contributed by atoms with Crippen molar-refractivity contribution in [3.05, 3.63) is 60.7 Å². The van der Waals surface area contributed by atoms with Crippen LogP contribution in [0.4, 0.5) is 0 Å². The van der Waals surface area contributed by atoms with Crippen molar-refractivity contribution >= 4 is 30.9 Å². The van der Waals surface area contributed by atoms with Crippen molar-refractivity contribution in [1.29, 1.82) is 0 Å². The summed E-state index contributed by atoms with van der Waals surface area (Å²) in [6.07, 6.45) is 8.41. The topological polar surface area (TPSA) is 52.6 Å². The van der Waals surface area contributed by atoms with Crippen LogP contribution in [0.5, 0.6) is 0 Å². The van der Waals surface area contributed by atoms with Gasteiger partial charge in [0, 0.05) is 11.8 Å². The molecule has 7 atom stereocenters. The number of hydrogen-bond acceptors (Lipinski definition) is 4. The van der Waals surface area contributed by atoms with Crippen LogP contribution in [0.25, 0.3) is 0 Å². The minimum absolute atomic E-state index is 0.0464. The van der Waals surface area contributed by atoms with Crippen molar-refractivity contribution in [2.24, 2.45) is 28.6 Å². The van der Waals surface area contributed by atoms with E-state index >= 15 is 0 Å². The molecule has 0 spiro atoms. The molecule has 2 aromatic carbocycles. The molecule has 4 aliphatic rings. The highest BCUT2D eigenvalue weighted by Crippen LogP contribution is 2.67. The van der Waals surface area contributed by atoms with E-state index in [9.17, 15) is 9.59 Å². The van der Waals surface area contributed by atoms with E-state index in [0.29, 0.717) is 30.6 Å². The van der Waals surface area contributed by atoms with Crippen molar-refractivity contribution in [2.45, 2.75) is 103 Å². The van der Waals surface area contributed by atoms with Gasteiger partial charge in [-0.1, -0.05) is 95.3 Å². The Morgan fingerprint density at radius 3 is 2.05 bits per heavy atom. The van der Waals surface area contributed by atoms with Gasteiger partial charge in [-0.15, -0.1) is 0 Å². The van der Waals surface area contributed by atoms with Crippen LogP contribution in [0, 0.1) is 28.6 Å². The summed E-state index contributed by atoms with van der Waals surface area (Å²) in [5.74, 6) is 1.31. The third-order valence-corrected chi connectivity index (χ3v) is 17.1. The van der Waals surface area contributed by atoms with Crippen LogP contribution in [0.15, 0.2) is 60.7 Å². The lowest BCUT2D eigenvalue weighted by Gasteiger charge is -2.62. The number of carbonyl (C=O) groups is 2. The van der Waals surface area contributed by atoms with Crippen molar-refractivity contribution in [3.8, 4) is 0 Å². The summed E-state index contributed by atoms with van der Waals surface area (Å²) in [7, 11) is -2.65. The van der Waals surface area contributed by atoms with Gasteiger partial charge in [0.25, 0.3) is 8.32 Å². The first kappa shape index (κ1) is 27.9. The zero-order valence-electron chi connectivity index (χ0n) is 25.0. The lowest BCUT2D eigenvalue weighted by molar-refractivity contribution is -0.224. The number of esters is 1. The summed E-state index contributed by atoms with van der Waals surface area (Å²) in [6, 6.07) is 22.0. The van der Waals surface area contributed by atoms with Crippen LogP contribution in [0.3, 0.4) is 0 Å². The largest absolute Gasteiger partial charge is 0.451 e. The van der Waals surface area contributed by atoms with Gasteiger partial charge in [-0.25, -0.2) is 0 Å². The fraction of sp³-hybridized carbons (Fsp3) is 0.600. The fourth-order valence-corrected chi connectivity index (χ4v) is 14.7. The minimum atomic E-state index is -2.65. The molecule has 214 valence electrons. The minimum Gasteiger partial charge on any atom is -0.451 e. The van der Waals surface area contributed by atoms with Crippen LogP contribution < -0.4 is 10.4 Å². The van der Waals surface area contributed by atoms with Gasteiger partial charge in [0.05, 0.1) is 6.10 Å². The molecule has 3 aliphatic carbocycles. The van der Waals surface area contributed by atoms with E-state index in [1.54, 1.807) is 0 Å². The summed E-state index contributed by atoms with van der Waals surface area (Å²) < 4.78 is 13.7. The second-order valence-corrected chi connectivity index (χ2v) is 19.0. The van der Waals surface area contributed by atoms with Crippen molar-refractivity contribution in [3.63, 3.8) is 0 Å². The predicted molar refractivity (Wildman–Crippen MR) is 161 cm³/mol. The first-order chi connectivity index (χ1) is 19.0. The Labute approximate surface area is 241 Å². The third kappa shape index (κ3) is 3.86. The zero-order chi connectivity index (χ0) is 28.4. The van der Waals surface area contributed by atoms with Crippen LogP contribution >= 0.6 is 0 Å². The third-order valence-electron chi connectivity index (χ3n) is 12.1. The standard InChI is InChI=1S/C35H46O4Si/c1-32(2,3)40(25-12-8-6-9-13-25,26-14-10-7-11-15-26)39-30-17-16-28-27-18-23-35(24-36)34(5,22-20-31(37)38-35)29(27)19-21-33(28,30)4/h6-15,24,27-30H,16-23H2,1-5H3/t27-,28+,29+,30-,33-,34+,35-/m0/s1. The SMILES string of the molecule is CC(C)(C)[Si](O[C@H]1CC[C@@H]2[C@@H]3CC[C@@]4(C=O)OC(=O)CC[C@]4(C)[C@@H]3CC[C@]12C)(c1ccccc1)c1ccccc1. The van der Waals surface area contributed by atoms with Gasteiger partial charge in [-0.3, -0.25) is 9.59 Å². The van der Waals surface area contributed by atoms with Crippen LogP contribution in [-0.2, 0) is 18.8 Å². The Morgan fingerprint density at radius 1 is 0.850 bits per heavy atom. The Kier molecular flexibility index (Phi) is 6.74. The molecule has 40 heavy (non-hydrogen) atoms. The van der Waals surface area contributed by atoms with Crippen LogP contribution in [0.1, 0.15) is 86.0 Å². The van der Waals surface area contributed by atoms with E-state index in [1.165, 1.54) is 16.8 Å². The number of carbonyl (C=O) groups excluding carboxylic acids is 2. The molecule has 0 N–H and O–H groups in total. The number of rotatable bonds is 5. The van der Waals surface area contributed by atoms with Crippen molar-refractivity contribution in [1.82, 2.24) is 0 Å². The monoisotopic (exact) mass is 558 g/mol. The van der Waals surface area contributed by atoms with Gasteiger partial charge in [0.1, 0.15) is 0 Å². The smallest absolute Gasteiger partial charge is 0.306 e. The van der Waals surface area contributed by atoms with E-state index < -0.39 is 13.9 Å². The predicted octanol–water partition coefficient (Wildman–Crippen LogP) is 6.45. The highest BCUT2D eigenvalue weighted by Gasteiger charge is 2.67. The lowest BCUT2D eigenvalue weighted by Crippen LogP contribution is -2.69. The van der Waals surface area contributed by atoms with E-state index in [1.807, 2.05) is 0 Å². The van der Waals surface area contributed by atoms with E-state index in [4.69, 9.17) is 9.16 Å². The van der Waals surface area contributed by atoms with E-state index in [2.05, 4.69) is 95.3 Å². The van der Waals surface area contributed by atoms with Crippen LogP contribution in [0.2, 0.25) is 5.04 Å². The zero-order valence-corrected chi connectivity index (χ0v) is 26.0. The average molecular weight is 559 g/mol. The maximum absolute atomic E-state index is 12.5. The summed E-state index contributed by atoms with van der Waals surface area (Å²) in [5.41, 5.74) is -1.12. The van der Waals surface area contributed by atoms with Crippen LogP contribution in [-0.4, -0.2) is 32.3 Å². The molecule has 2 aromatic rings. The molecule has 4 fully saturated rings. The molecule has 1 aliphatic heterocycles. The van der Waals surface area contributed by atoms with Crippen molar-refractivity contribution in [2.75, 3.05) is 0 Å². The van der Waals surface area contributed by atoms with Gasteiger partial charge in [-0.2, -0.15) is 0 Å². The first-order valence-corrected chi connectivity index (χ1v) is 17.4. The maximum atomic E-state index is 12.5. The fourth-order valence-electron chi connectivity index (χ4n) is 9.91. The molecular weight excluding hydrogens is 512 g/mol. The van der Waals surface area contributed by atoms with Gasteiger partial charge >= 0.3 is 5.97 Å². The summed E-state index contributed by atoms with van der Waals surface area (Å²) in [6.45, 7) is 11.9. The van der Waals surface area contributed by atoms with Gasteiger partial charge in [0.15, 0.2) is 11.9 Å². The Bertz CT molecular complexity index is 1220. The molecule has 0 aromatic heterocycles. The summed E-state index contributed by atoms with van der Waals surface area (Å²) in [5, 5.41) is 2.65. The molecule has 0 radical (unpaired) electrons.